The molecule has 0 aliphatic carbocycles. The standard InChI is InChI=1S/C59H111N2O6P/c1-6-8-10-12-14-16-18-20-22-24-25-26-27-28-29-30-31-32-33-34-35-37-38-40-42-44-46-48-50-52-58(62)57(56-67-68(64,65)66-55-54-61(3,4)5)60-59(63)53-51-49-47-45-43-41-39-36-23-21-19-17-15-13-11-9-7-2/h9,11,15,17,21,23,39,41,50,52,57-58,62H,6-8,10,12-14,16,18-20,22,24-38,40,42-49,51,53-56H2,1-5H3,(H-,60,63,64,65)/b11-9-,17-15-,23-21-,41-39-,52-50+. The quantitative estimate of drug-likeness (QED) is 0.0272. The van der Waals surface area contributed by atoms with Crippen LogP contribution in [-0.4, -0.2) is 68.5 Å². The summed E-state index contributed by atoms with van der Waals surface area (Å²) in [5, 5.41) is 13.9. The van der Waals surface area contributed by atoms with Gasteiger partial charge in [0.25, 0.3) is 7.82 Å². The second-order valence-electron chi connectivity index (χ2n) is 20.6. The van der Waals surface area contributed by atoms with E-state index in [-0.39, 0.29) is 12.5 Å². The third-order valence-electron chi connectivity index (χ3n) is 12.7. The molecule has 1 amide bonds. The van der Waals surface area contributed by atoms with Crippen molar-refractivity contribution in [2.75, 3.05) is 40.9 Å². The van der Waals surface area contributed by atoms with Gasteiger partial charge in [-0.15, -0.1) is 0 Å². The van der Waals surface area contributed by atoms with E-state index in [1.807, 2.05) is 27.2 Å². The molecular formula is C59H111N2O6P. The Hall–Kier alpha value is -1.80. The smallest absolute Gasteiger partial charge is 0.268 e. The topological polar surface area (TPSA) is 108 Å². The van der Waals surface area contributed by atoms with Crippen molar-refractivity contribution in [3.05, 3.63) is 60.8 Å². The van der Waals surface area contributed by atoms with E-state index in [2.05, 4.69) is 67.8 Å². The number of rotatable bonds is 52. The van der Waals surface area contributed by atoms with Gasteiger partial charge in [-0.3, -0.25) is 9.36 Å². The molecule has 0 bridgehead atoms. The molecule has 398 valence electrons. The van der Waals surface area contributed by atoms with Crippen molar-refractivity contribution in [2.24, 2.45) is 0 Å². The Morgan fingerprint density at radius 3 is 1.31 bits per heavy atom. The maximum Gasteiger partial charge on any atom is 0.268 e. The molecular weight excluding hydrogens is 864 g/mol. The minimum absolute atomic E-state index is 0.00824. The van der Waals surface area contributed by atoms with Crippen molar-refractivity contribution in [2.45, 2.75) is 270 Å². The van der Waals surface area contributed by atoms with E-state index in [0.29, 0.717) is 17.4 Å². The summed E-state index contributed by atoms with van der Waals surface area (Å²) >= 11 is 0. The molecule has 68 heavy (non-hydrogen) atoms. The molecule has 0 aliphatic rings. The maximum absolute atomic E-state index is 12.9. The van der Waals surface area contributed by atoms with E-state index in [1.165, 1.54) is 161 Å². The van der Waals surface area contributed by atoms with Crippen LogP contribution in [0, 0.1) is 0 Å². The van der Waals surface area contributed by atoms with Crippen LogP contribution in [-0.2, 0) is 18.4 Å². The van der Waals surface area contributed by atoms with Crippen LogP contribution in [0.1, 0.15) is 258 Å². The van der Waals surface area contributed by atoms with Gasteiger partial charge >= 0.3 is 0 Å². The molecule has 0 aliphatic heterocycles. The van der Waals surface area contributed by atoms with Crippen molar-refractivity contribution in [3.8, 4) is 0 Å². The number of hydrogen-bond acceptors (Lipinski definition) is 6. The highest BCUT2D eigenvalue weighted by Gasteiger charge is 2.23. The van der Waals surface area contributed by atoms with Gasteiger partial charge in [0.15, 0.2) is 0 Å². The number of amides is 1. The zero-order valence-corrected chi connectivity index (χ0v) is 46.2. The first-order valence-electron chi connectivity index (χ1n) is 28.7. The van der Waals surface area contributed by atoms with Gasteiger partial charge in [-0.25, -0.2) is 0 Å². The maximum atomic E-state index is 12.9. The predicted molar refractivity (Wildman–Crippen MR) is 293 cm³/mol. The van der Waals surface area contributed by atoms with Gasteiger partial charge in [0.05, 0.1) is 39.9 Å². The third-order valence-corrected chi connectivity index (χ3v) is 13.7. The summed E-state index contributed by atoms with van der Waals surface area (Å²) in [4.78, 5) is 25.4. The number of phosphoric acid groups is 1. The Morgan fingerprint density at radius 2 is 0.897 bits per heavy atom. The lowest BCUT2D eigenvalue weighted by atomic mass is 10.0. The van der Waals surface area contributed by atoms with Gasteiger partial charge in [0, 0.05) is 6.42 Å². The van der Waals surface area contributed by atoms with E-state index in [0.717, 1.165) is 77.0 Å². The third kappa shape index (κ3) is 52.0. The minimum Gasteiger partial charge on any atom is -0.756 e. The number of nitrogens with zero attached hydrogens (tertiary/aromatic N) is 1. The molecule has 9 heteroatoms. The fraction of sp³-hybridized carbons (Fsp3) is 0.814. The van der Waals surface area contributed by atoms with Gasteiger partial charge in [0.2, 0.25) is 5.91 Å². The van der Waals surface area contributed by atoms with Gasteiger partial charge in [-0.2, -0.15) is 0 Å². The number of carbonyl (C=O) groups is 1. The van der Waals surface area contributed by atoms with Gasteiger partial charge in [-0.05, 0) is 57.8 Å². The van der Waals surface area contributed by atoms with Crippen LogP contribution >= 0.6 is 7.82 Å². The number of quaternary nitrogens is 1. The van der Waals surface area contributed by atoms with Crippen molar-refractivity contribution in [1.82, 2.24) is 5.32 Å². The van der Waals surface area contributed by atoms with Gasteiger partial charge in [0.1, 0.15) is 13.2 Å². The average molecular weight is 976 g/mol. The summed E-state index contributed by atoms with van der Waals surface area (Å²) in [5.74, 6) is -0.220. The van der Waals surface area contributed by atoms with Crippen molar-refractivity contribution < 1.29 is 32.9 Å². The molecule has 0 aromatic carbocycles. The molecule has 2 N–H and O–H groups in total. The normalized spacial score (nSPS) is 14.4. The average Bonchev–Trinajstić information content (AvgIpc) is 3.30. The number of phosphoric ester groups is 1. The summed E-state index contributed by atoms with van der Waals surface area (Å²) in [6, 6.07) is -0.903. The molecule has 0 radical (unpaired) electrons. The first-order valence-corrected chi connectivity index (χ1v) is 30.1. The SMILES string of the molecule is CC/C=C\C/C=C\C/C=C\C/C=C\CCCCCCC(=O)NC(COP(=O)([O-])OCC[N+](C)(C)C)C(O)/C=C/CCCCCCCCCCCCCCCCCCCCCCCCCCCCC. The first kappa shape index (κ1) is 66.2. The molecule has 0 rings (SSSR count). The minimum atomic E-state index is -4.61. The van der Waals surface area contributed by atoms with Crippen LogP contribution in [0.15, 0.2) is 60.8 Å². The van der Waals surface area contributed by atoms with Gasteiger partial charge < -0.3 is 28.8 Å². The highest BCUT2D eigenvalue weighted by Crippen LogP contribution is 2.38. The lowest BCUT2D eigenvalue weighted by Crippen LogP contribution is -2.45. The molecule has 0 aromatic rings. The van der Waals surface area contributed by atoms with E-state index in [1.54, 1.807) is 6.08 Å². The van der Waals surface area contributed by atoms with Crippen LogP contribution in [0.3, 0.4) is 0 Å². The summed E-state index contributed by atoms with van der Waals surface area (Å²) < 4.78 is 23.3. The molecule has 0 spiro atoms. The molecule has 0 aromatic heterocycles. The number of carbonyl (C=O) groups excluding carboxylic acids is 1. The zero-order chi connectivity index (χ0) is 49.9. The highest BCUT2D eigenvalue weighted by atomic mass is 31.2. The number of likely N-dealkylation sites (N-methyl/N-ethyl adjacent to an activating group) is 1. The summed E-state index contributed by atoms with van der Waals surface area (Å²) in [6.07, 6.45) is 67.4. The fourth-order valence-corrected chi connectivity index (χ4v) is 8.99. The van der Waals surface area contributed by atoms with Crippen molar-refractivity contribution in [1.29, 1.82) is 0 Å². The number of unbranched alkanes of at least 4 members (excludes halogenated alkanes) is 31. The molecule has 8 nitrogen and oxygen atoms in total. The molecule has 3 unspecified atom stereocenters. The second-order valence-corrected chi connectivity index (χ2v) is 22.0. The Balaban J connectivity index is 4.18. The van der Waals surface area contributed by atoms with Crippen LogP contribution in [0.5, 0.6) is 0 Å². The lowest BCUT2D eigenvalue weighted by molar-refractivity contribution is -0.870. The number of aliphatic hydroxyl groups is 1. The summed E-state index contributed by atoms with van der Waals surface area (Å²) in [7, 11) is 1.24. The van der Waals surface area contributed by atoms with E-state index in [4.69, 9.17) is 9.05 Å². The molecule has 0 saturated heterocycles. The number of nitrogens with one attached hydrogen (secondary N) is 1. The summed E-state index contributed by atoms with van der Waals surface area (Å²) in [5.41, 5.74) is 0. The number of aliphatic hydroxyl groups excluding tert-OH is 1. The molecule has 3 atom stereocenters. The van der Waals surface area contributed by atoms with Crippen LogP contribution in [0.25, 0.3) is 0 Å². The molecule has 0 fully saturated rings. The van der Waals surface area contributed by atoms with Crippen LogP contribution < -0.4 is 10.2 Å². The van der Waals surface area contributed by atoms with Crippen molar-refractivity contribution >= 4 is 13.7 Å². The lowest BCUT2D eigenvalue weighted by Gasteiger charge is -2.29. The van der Waals surface area contributed by atoms with Crippen molar-refractivity contribution in [3.63, 3.8) is 0 Å². The van der Waals surface area contributed by atoms with E-state index < -0.39 is 26.6 Å². The largest absolute Gasteiger partial charge is 0.756 e. The monoisotopic (exact) mass is 975 g/mol. The Morgan fingerprint density at radius 1 is 0.529 bits per heavy atom. The predicted octanol–water partition coefficient (Wildman–Crippen LogP) is 16.7. The van der Waals surface area contributed by atoms with E-state index >= 15 is 0 Å². The second kappa shape index (κ2) is 50.2. The van der Waals surface area contributed by atoms with Crippen LogP contribution in [0.2, 0.25) is 0 Å². The Kier molecular flexibility index (Phi) is 48.8. The molecule has 0 heterocycles. The Bertz CT molecular complexity index is 1290. The highest BCUT2D eigenvalue weighted by molar-refractivity contribution is 7.45. The van der Waals surface area contributed by atoms with Crippen LogP contribution in [0.4, 0.5) is 0 Å². The fourth-order valence-electron chi connectivity index (χ4n) is 8.26. The van der Waals surface area contributed by atoms with Gasteiger partial charge in [-0.1, -0.05) is 254 Å². The zero-order valence-electron chi connectivity index (χ0n) is 45.3. The van der Waals surface area contributed by atoms with E-state index in [9.17, 15) is 19.4 Å². The first-order chi connectivity index (χ1) is 33.0. The number of hydrogen-bond donors (Lipinski definition) is 2. The summed E-state index contributed by atoms with van der Waals surface area (Å²) in [6.45, 7) is 4.53. The Labute approximate surface area is 422 Å². The number of allylic oxidation sites excluding steroid dienone is 9. The molecule has 0 saturated carbocycles.